The lowest BCUT2D eigenvalue weighted by Gasteiger charge is -2.36. The number of aliphatic hydroxyl groups is 3. The summed E-state index contributed by atoms with van der Waals surface area (Å²) in [6, 6.07) is 0. The van der Waals surface area contributed by atoms with Gasteiger partial charge in [0.2, 0.25) is 0 Å². The van der Waals surface area contributed by atoms with E-state index in [9.17, 15) is 20.1 Å². The normalized spacial score (nSPS) is 20.4. The predicted molar refractivity (Wildman–Crippen MR) is 68.3 cm³/mol. The van der Waals surface area contributed by atoms with Gasteiger partial charge in [0.15, 0.2) is 23.7 Å². The maximum absolute atomic E-state index is 11.0. The summed E-state index contributed by atoms with van der Waals surface area (Å²) in [6.07, 6.45) is 0.700. The van der Waals surface area contributed by atoms with Gasteiger partial charge in [-0.25, -0.2) is 4.79 Å². The minimum Gasteiger partial charge on any atom is -0.479 e. The first-order valence-electron chi connectivity index (χ1n) is 5.99. The Labute approximate surface area is 103 Å². The van der Waals surface area contributed by atoms with Crippen molar-refractivity contribution >= 4 is 13.2 Å². The highest BCUT2D eigenvalue weighted by molar-refractivity contribution is 7.78. The van der Waals surface area contributed by atoms with Crippen molar-refractivity contribution in [2.45, 2.75) is 57.6 Å². The van der Waals surface area contributed by atoms with E-state index in [1.807, 2.05) is 0 Å². The largest absolute Gasteiger partial charge is 0.479 e. The van der Waals surface area contributed by atoms with E-state index in [1.54, 1.807) is 20.8 Å². The van der Waals surface area contributed by atoms with Gasteiger partial charge in [0, 0.05) is 19.3 Å². The quantitative estimate of drug-likeness (QED) is 0.496. The van der Waals surface area contributed by atoms with Gasteiger partial charge in [0.05, 0.1) is 0 Å². The van der Waals surface area contributed by atoms with Crippen molar-refractivity contribution in [3.63, 3.8) is 0 Å². The molecule has 3 atom stereocenters. The summed E-state index contributed by atoms with van der Waals surface area (Å²) in [5, 5.41) is 39.2. The average molecular weight is 267 g/mol. The number of hydrogen-bond acceptors (Lipinski definition) is 4. The first-order chi connectivity index (χ1) is 7.86. The molecule has 0 aliphatic carbocycles. The topological polar surface area (TPSA) is 98.0 Å². The molecule has 0 aromatic heterocycles. The first-order valence-corrected chi connectivity index (χ1v) is 8.17. The van der Waals surface area contributed by atoms with Gasteiger partial charge >= 0.3 is 5.97 Å². The van der Waals surface area contributed by atoms with Crippen LogP contribution in [-0.4, -0.2) is 50.1 Å². The SMILES string of the molecule is CCC(O)[P+](CC(=O)O)(C(O)CC)C(O)CC. The second-order valence-electron chi connectivity index (χ2n) is 4.21. The Morgan fingerprint density at radius 3 is 1.41 bits per heavy atom. The van der Waals surface area contributed by atoms with Crippen LogP contribution in [0.25, 0.3) is 0 Å². The average Bonchev–Trinajstić information content (AvgIpc) is 2.32. The van der Waals surface area contributed by atoms with Crippen molar-refractivity contribution in [1.82, 2.24) is 0 Å². The summed E-state index contributed by atoms with van der Waals surface area (Å²) in [7, 11) is -2.76. The van der Waals surface area contributed by atoms with Crippen LogP contribution in [0.15, 0.2) is 0 Å². The predicted octanol–water partition coefficient (Wildman–Crippen LogP) is 1.27. The summed E-state index contributed by atoms with van der Waals surface area (Å²) in [6.45, 7) is 5.18. The van der Waals surface area contributed by atoms with E-state index >= 15 is 0 Å². The van der Waals surface area contributed by atoms with E-state index in [1.165, 1.54) is 0 Å². The number of rotatable bonds is 8. The molecular weight excluding hydrogens is 243 g/mol. The Bertz CT molecular complexity index is 219. The zero-order valence-electron chi connectivity index (χ0n) is 10.7. The molecule has 6 heteroatoms. The zero-order chi connectivity index (χ0) is 13.6. The maximum Gasteiger partial charge on any atom is 0.341 e. The maximum atomic E-state index is 11.0. The molecule has 0 saturated carbocycles. The van der Waals surface area contributed by atoms with Crippen LogP contribution in [0.2, 0.25) is 0 Å². The summed E-state index contributed by atoms with van der Waals surface area (Å²) in [5.41, 5.74) is 0. The van der Waals surface area contributed by atoms with E-state index in [0.29, 0.717) is 19.3 Å². The van der Waals surface area contributed by atoms with Crippen LogP contribution in [0.5, 0.6) is 0 Å². The fourth-order valence-corrected chi connectivity index (χ4v) is 6.50. The van der Waals surface area contributed by atoms with Gasteiger partial charge < -0.3 is 20.4 Å². The Morgan fingerprint density at radius 2 is 1.24 bits per heavy atom. The van der Waals surface area contributed by atoms with Crippen LogP contribution in [0.4, 0.5) is 0 Å². The molecule has 0 amide bonds. The summed E-state index contributed by atoms with van der Waals surface area (Å²) < 4.78 is 0. The standard InChI is InChI=1S/C11H23O5P/c1-4-9(14)17(7-8(12)13,10(15)5-2)11(16)6-3/h9-11,14-16H,4-7H2,1-3H3/p+1. The molecule has 3 unspecified atom stereocenters. The molecule has 0 rings (SSSR count). The molecule has 4 N–H and O–H groups in total. The van der Waals surface area contributed by atoms with Crippen molar-refractivity contribution in [1.29, 1.82) is 0 Å². The molecule has 5 nitrogen and oxygen atoms in total. The Kier molecular flexibility index (Phi) is 7.17. The van der Waals surface area contributed by atoms with Crippen LogP contribution in [0.3, 0.4) is 0 Å². The van der Waals surface area contributed by atoms with Crippen molar-refractivity contribution < 1.29 is 25.2 Å². The number of hydrogen-bond donors (Lipinski definition) is 4. The molecule has 0 aliphatic rings. The molecular formula is C11H24O5P+. The molecule has 0 aliphatic heterocycles. The third kappa shape index (κ3) is 3.62. The zero-order valence-corrected chi connectivity index (χ0v) is 11.6. The Hall–Kier alpha value is -0.220. The van der Waals surface area contributed by atoms with Crippen LogP contribution in [-0.2, 0) is 4.79 Å². The molecule has 0 heterocycles. The van der Waals surface area contributed by atoms with Crippen molar-refractivity contribution in [2.75, 3.05) is 6.16 Å². The number of carbonyl (C=O) groups is 1. The van der Waals surface area contributed by atoms with Gasteiger partial charge in [-0.15, -0.1) is 0 Å². The van der Waals surface area contributed by atoms with E-state index in [4.69, 9.17) is 5.11 Å². The summed E-state index contributed by atoms with van der Waals surface area (Å²) >= 11 is 0. The lowest BCUT2D eigenvalue weighted by atomic mass is 10.5. The molecule has 0 saturated heterocycles. The third-order valence-electron chi connectivity index (χ3n) is 3.17. The van der Waals surface area contributed by atoms with Crippen molar-refractivity contribution in [2.24, 2.45) is 0 Å². The van der Waals surface area contributed by atoms with Gasteiger partial charge in [0.25, 0.3) is 0 Å². The lowest BCUT2D eigenvalue weighted by Crippen LogP contribution is -2.36. The highest BCUT2D eigenvalue weighted by Crippen LogP contribution is 2.70. The van der Waals surface area contributed by atoms with Crippen molar-refractivity contribution in [3.05, 3.63) is 0 Å². The van der Waals surface area contributed by atoms with Crippen molar-refractivity contribution in [3.8, 4) is 0 Å². The molecule has 0 fully saturated rings. The lowest BCUT2D eigenvalue weighted by molar-refractivity contribution is -0.134. The van der Waals surface area contributed by atoms with E-state index in [0.717, 1.165) is 0 Å². The Morgan fingerprint density at radius 1 is 0.941 bits per heavy atom. The van der Waals surface area contributed by atoms with Gasteiger partial charge in [-0.2, -0.15) is 0 Å². The number of carboxylic acid groups (broad SMARTS) is 1. The molecule has 0 aromatic carbocycles. The molecule has 0 aromatic rings. The minimum absolute atomic E-state index is 0.327. The third-order valence-corrected chi connectivity index (χ3v) is 8.41. The smallest absolute Gasteiger partial charge is 0.341 e. The van der Waals surface area contributed by atoms with E-state index < -0.39 is 30.8 Å². The van der Waals surface area contributed by atoms with Crippen LogP contribution in [0, 0.1) is 0 Å². The molecule has 102 valence electrons. The second-order valence-corrected chi connectivity index (χ2v) is 8.31. The molecule has 17 heavy (non-hydrogen) atoms. The van der Waals surface area contributed by atoms with E-state index in [2.05, 4.69) is 0 Å². The second kappa shape index (κ2) is 7.27. The monoisotopic (exact) mass is 267 g/mol. The molecule has 0 radical (unpaired) electrons. The highest BCUT2D eigenvalue weighted by Gasteiger charge is 2.57. The summed E-state index contributed by atoms with van der Waals surface area (Å²) in [5.74, 6) is -3.86. The van der Waals surface area contributed by atoms with Crippen LogP contribution >= 0.6 is 7.26 Å². The Balaban J connectivity index is 5.42. The van der Waals surface area contributed by atoms with Crippen LogP contribution in [0.1, 0.15) is 40.0 Å². The first kappa shape index (κ1) is 16.8. The van der Waals surface area contributed by atoms with E-state index in [-0.39, 0.29) is 6.16 Å². The molecule has 0 spiro atoms. The molecule has 0 bridgehead atoms. The number of aliphatic carboxylic acids is 1. The van der Waals surface area contributed by atoms with Gasteiger partial charge in [-0.3, -0.25) is 0 Å². The highest BCUT2D eigenvalue weighted by atomic mass is 31.2. The van der Waals surface area contributed by atoms with Gasteiger partial charge in [0.1, 0.15) is 7.26 Å². The van der Waals surface area contributed by atoms with Gasteiger partial charge in [-0.05, 0) is 0 Å². The summed E-state index contributed by atoms with van der Waals surface area (Å²) in [4.78, 5) is 11.0. The number of aliphatic hydroxyl groups excluding tert-OH is 3. The van der Waals surface area contributed by atoms with Gasteiger partial charge in [-0.1, -0.05) is 20.8 Å². The van der Waals surface area contributed by atoms with Crippen LogP contribution < -0.4 is 0 Å². The fourth-order valence-electron chi connectivity index (χ4n) is 2.17. The minimum atomic E-state index is -2.76. The number of carboxylic acids is 1. The fraction of sp³-hybridized carbons (Fsp3) is 0.909.